The molecule has 4 aromatic heterocycles. The molecule has 0 radical (unpaired) electrons. The Balaban J connectivity index is 1.44. The van der Waals surface area contributed by atoms with Gasteiger partial charge in [0.2, 0.25) is 11.8 Å². The molecule has 0 saturated carbocycles. The Hall–Kier alpha value is -4.22. The quantitative estimate of drug-likeness (QED) is 0.446. The van der Waals surface area contributed by atoms with Crippen molar-refractivity contribution in [3.8, 4) is 17.3 Å². The summed E-state index contributed by atoms with van der Waals surface area (Å²) in [6.07, 6.45) is 6.67. The molecule has 0 spiro atoms. The van der Waals surface area contributed by atoms with Crippen molar-refractivity contribution in [1.82, 2.24) is 34.5 Å². The van der Waals surface area contributed by atoms with Crippen molar-refractivity contribution in [1.29, 1.82) is 0 Å². The molecule has 1 saturated heterocycles. The highest BCUT2D eigenvalue weighted by atomic mass is 16.5. The summed E-state index contributed by atoms with van der Waals surface area (Å²) >= 11 is 0. The van der Waals surface area contributed by atoms with Crippen molar-refractivity contribution in [3.63, 3.8) is 0 Å². The highest BCUT2D eigenvalue weighted by Crippen LogP contribution is 2.34. The van der Waals surface area contributed by atoms with Crippen molar-refractivity contribution in [2.45, 2.75) is 25.8 Å². The molecule has 180 valence electrons. The molecule has 12 heteroatoms. The summed E-state index contributed by atoms with van der Waals surface area (Å²) in [4.78, 5) is 27.6. The third-order valence-corrected chi connectivity index (χ3v) is 6.69. The summed E-state index contributed by atoms with van der Waals surface area (Å²) in [7, 11) is 1.83. The molecule has 4 bridgehead atoms. The lowest BCUT2D eigenvalue weighted by Gasteiger charge is -2.17. The molecule has 35 heavy (non-hydrogen) atoms. The average Bonchev–Trinajstić information content (AvgIpc) is 3.56. The molecule has 2 aliphatic rings. The van der Waals surface area contributed by atoms with Crippen LogP contribution in [0.25, 0.3) is 22.3 Å². The highest BCUT2D eigenvalue weighted by Gasteiger charge is 2.30. The maximum atomic E-state index is 11.7. The minimum Gasteiger partial charge on any atom is -0.477 e. The Morgan fingerprint density at radius 3 is 2.94 bits per heavy atom. The number of ether oxygens (including phenoxy) is 1. The maximum Gasteiger partial charge on any atom is 0.222 e. The number of nitrogens with two attached hydrogens (primary N) is 1. The SMILES string of the molecule is CC1CCOc2c(cnn2C)-c2nccc(n2)Nc2cc3c(cn2)c(N2CCC(C(N)=O)C2)nn31. The molecule has 2 unspecified atom stereocenters. The van der Waals surface area contributed by atoms with Gasteiger partial charge in [-0.2, -0.15) is 10.2 Å². The Labute approximate surface area is 201 Å². The van der Waals surface area contributed by atoms with Crippen molar-refractivity contribution in [3.05, 3.63) is 30.7 Å². The zero-order valence-electron chi connectivity index (χ0n) is 19.5. The minimum absolute atomic E-state index is 0.0461. The molecule has 12 nitrogen and oxygen atoms in total. The zero-order valence-corrected chi connectivity index (χ0v) is 19.5. The van der Waals surface area contributed by atoms with Gasteiger partial charge in [-0.05, 0) is 19.4 Å². The number of nitrogens with one attached hydrogen (secondary N) is 1. The normalized spacial score (nSPS) is 19.8. The molecule has 1 amide bonds. The Morgan fingerprint density at radius 2 is 2.11 bits per heavy atom. The van der Waals surface area contributed by atoms with Crippen LogP contribution in [0, 0.1) is 5.92 Å². The van der Waals surface area contributed by atoms with Crippen molar-refractivity contribution >= 4 is 34.3 Å². The van der Waals surface area contributed by atoms with Crippen LogP contribution in [0.3, 0.4) is 0 Å². The first-order valence-electron chi connectivity index (χ1n) is 11.7. The van der Waals surface area contributed by atoms with E-state index >= 15 is 0 Å². The van der Waals surface area contributed by atoms with E-state index < -0.39 is 0 Å². The molecule has 0 aromatic carbocycles. The highest BCUT2D eigenvalue weighted by molar-refractivity contribution is 5.92. The van der Waals surface area contributed by atoms with E-state index in [1.807, 2.05) is 24.0 Å². The van der Waals surface area contributed by atoms with Crippen molar-refractivity contribution in [2.75, 3.05) is 29.9 Å². The predicted molar refractivity (Wildman–Crippen MR) is 129 cm³/mol. The molecule has 6 heterocycles. The van der Waals surface area contributed by atoms with Crippen molar-refractivity contribution < 1.29 is 9.53 Å². The monoisotopic (exact) mass is 474 g/mol. The molecule has 6 rings (SSSR count). The summed E-state index contributed by atoms with van der Waals surface area (Å²) in [5.41, 5.74) is 7.23. The molecule has 2 atom stereocenters. The Morgan fingerprint density at radius 1 is 1.23 bits per heavy atom. The largest absolute Gasteiger partial charge is 0.477 e. The second-order valence-electron chi connectivity index (χ2n) is 9.05. The number of primary amides is 1. The molecule has 0 aliphatic carbocycles. The second kappa shape index (κ2) is 8.22. The number of pyridine rings is 1. The van der Waals surface area contributed by atoms with Crippen molar-refractivity contribution in [2.24, 2.45) is 18.7 Å². The second-order valence-corrected chi connectivity index (χ2v) is 9.05. The lowest BCUT2D eigenvalue weighted by Crippen LogP contribution is -2.27. The van der Waals surface area contributed by atoms with E-state index in [1.54, 1.807) is 23.1 Å². The first-order valence-corrected chi connectivity index (χ1v) is 11.7. The minimum atomic E-state index is -0.268. The number of hydrogen-bond acceptors (Lipinski definition) is 9. The fourth-order valence-electron chi connectivity index (χ4n) is 4.73. The third kappa shape index (κ3) is 3.70. The van der Waals surface area contributed by atoms with E-state index in [2.05, 4.69) is 37.2 Å². The number of nitrogens with zero attached hydrogens (tertiary/aromatic N) is 8. The molecular weight excluding hydrogens is 448 g/mol. The fraction of sp³-hybridized carbons (Fsp3) is 0.391. The maximum absolute atomic E-state index is 11.7. The Kier molecular flexibility index (Phi) is 5.01. The molecule has 1 fully saturated rings. The number of anilines is 3. The number of hydrogen-bond donors (Lipinski definition) is 2. The van der Waals surface area contributed by atoms with Gasteiger partial charge >= 0.3 is 0 Å². The molecule has 4 aromatic rings. The molecular formula is C23H26N10O2. The number of rotatable bonds is 2. The van der Waals surface area contributed by atoms with Gasteiger partial charge in [0.05, 0.1) is 35.7 Å². The first kappa shape index (κ1) is 21.3. The summed E-state index contributed by atoms with van der Waals surface area (Å²) in [6, 6.07) is 3.82. The summed E-state index contributed by atoms with van der Waals surface area (Å²) in [5, 5.41) is 13.5. The van der Waals surface area contributed by atoms with Crippen LogP contribution in [-0.2, 0) is 11.8 Å². The molecule has 2 aliphatic heterocycles. The van der Waals surface area contributed by atoms with E-state index in [0.29, 0.717) is 36.5 Å². The van der Waals surface area contributed by atoms with Crippen LogP contribution in [0.5, 0.6) is 5.88 Å². The van der Waals surface area contributed by atoms with E-state index in [1.165, 1.54) is 0 Å². The topological polar surface area (TPSA) is 142 Å². The zero-order chi connectivity index (χ0) is 24.1. The standard InChI is InChI=1S/C23H26N10O2/c1-13-5-8-35-23-16(11-27-31(23)2)21-25-6-3-18(29-21)28-19-9-17-15(10-26-19)22(30-33(13)17)32-7-4-14(12-32)20(24)34/h3,6,9-11,13-14H,4-5,7-8,12H2,1-2H3,(H2,24,34)(H,25,26,28,29). The lowest BCUT2D eigenvalue weighted by molar-refractivity contribution is -0.121. The van der Waals surface area contributed by atoms with Gasteiger partial charge in [-0.15, -0.1) is 0 Å². The number of fused-ring (bicyclic) bond motifs is 5. The van der Waals surface area contributed by atoms with Gasteiger partial charge in [0, 0.05) is 45.0 Å². The van der Waals surface area contributed by atoms with Gasteiger partial charge in [-0.1, -0.05) is 0 Å². The van der Waals surface area contributed by atoms with Gasteiger partial charge in [-0.25, -0.2) is 19.6 Å². The average molecular weight is 475 g/mol. The number of carbonyl (C=O) groups is 1. The predicted octanol–water partition coefficient (Wildman–Crippen LogP) is 2.02. The number of aryl methyl sites for hydroxylation is 1. The molecule has 3 N–H and O–H groups in total. The van der Waals surface area contributed by atoms with Crippen LogP contribution < -0.4 is 20.7 Å². The number of aromatic nitrogens is 7. The number of carbonyl (C=O) groups excluding carboxylic acids is 1. The summed E-state index contributed by atoms with van der Waals surface area (Å²) < 4.78 is 9.85. The van der Waals surface area contributed by atoms with E-state index in [4.69, 9.17) is 15.6 Å². The fourth-order valence-corrected chi connectivity index (χ4v) is 4.73. The van der Waals surface area contributed by atoms with Crippen LogP contribution in [-0.4, -0.2) is 60.1 Å². The van der Waals surface area contributed by atoms with Gasteiger partial charge in [-0.3, -0.25) is 9.48 Å². The summed E-state index contributed by atoms with van der Waals surface area (Å²) in [6.45, 7) is 3.87. The van der Waals surface area contributed by atoms with E-state index in [0.717, 1.165) is 41.7 Å². The summed E-state index contributed by atoms with van der Waals surface area (Å²) in [5.74, 6) is 2.78. The van der Waals surface area contributed by atoms with Crippen LogP contribution in [0.4, 0.5) is 17.5 Å². The van der Waals surface area contributed by atoms with Gasteiger partial charge in [0.1, 0.15) is 17.2 Å². The smallest absolute Gasteiger partial charge is 0.222 e. The van der Waals surface area contributed by atoms with Crippen LogP contribution >= 0.6 is 0 Å². The van der Waals surface area contributed by atoms with Crippen LogP contribution in [0.15, 0.2) is 30.7 Å². The van der Waals surface area contributed by atoms with Gasteiger partial charge in [0.25, 0.3) is 0 Å². The first-order chi connectivity index (χ1) is 17.0. The van der Waals surface area contributed by atoms with E-state index in [-0.39, 0.29) is 17.9 Å². The van der Waals surface area contributed by atoms with E-state index in [9.17, 15) is 4.79 Å². The van der Waals surface area contributed by atoms with Crippen LogP contribution in [0.2, 0.25) is 0 Å². The third-order valence-electron chi connectivity index (χ3n) is 6.69. The van der Waals surface area contributed by atoms with Crippen LogP contribution in [0.1, 0.15) is 25.8 Å². The van der Waals surface area contributed by atoms with Gasteiger partial charge in [0.15, 0.2) is 11.6 Å². The lowest BCUT2D eigenvalue weighted by atomic mass is 10.1. The van der Waals surface area contributed by atoms with Gasteiger partial charge < -0.3 is 20.7 Å². The Bertz CT molecular complexity index is 1430. The number of amides is 1.